The minimum Gasteiger partial charge on any atom is -0.317 e. The molecule has 0 aliphatic rings. The lowest BCUT2D eigenvalue weighted by molar-refractivity contribution is 0.698. The fourth-order valence-corrected chi connectivity index (χ4v) is 5.43. The third-order valence-electron chi connectivity index (χ3n) is 5.04. The Morgan fingerprint density at radius 3 is 2.67 bits per heavy atom. The Kier molecular flexibility index (Phi) is 4.12. The van der Waals surface area contributed by atoms with Crippen molar-refractivity contribution >= 4 is 44.1 Å². The number of aromatic nitrogens is 6. The van der Waals surface area contributed by atoms with Gasteiger partial charge in [0, 0.05) is 34.8 Å². The van der Waals surface area contributed by atoms with E-state index in [9.17, 15) is 14.4 Å². The number of aromatic amines is 1. The zero-order valence-electron chi connectivity index (χ0n) is 16.3. The van der Waals surface area contributed by atoms with Crippen molar-refractivity contribution in [2.45, 2.75) is 13.5 Å². The summed E-state index contributed by atoms with van der Waals surface area (Å²) in [6.07, 6.45) is 1.48. The summed E-state index contributed by atoms with van der Waals surface area (Å²) in [4.78, 5) is 52.1. The van der Waals surface area contributed by atoms with E-state index in [0.717, 1.165) is 15.0 Å². The van der Waals surface area contributed by atoms with E-state index in [1.165, 1.54) is 34.2 Å². The molecule has 30 heavy (non-hydrogen) atoms. The molecule has 152 valence electrons. The summed E-state index contributed by atoms with van der Waals surface area (Å²) in [7, 11) is 2.99. The van der Waals surface area contributed by atoms with Crippen LogP contribution in [0.15, 0.2) is 38.2 Å². The first-order valence-electron chi connectivity index (χ1n) is 9.03. The van der Waals surface area contributed by atoms with Gasteiger partial charge in [0.25, 0.3) is 11.1 Å². The van der Waals surface area contributed by atoms with Crippen molar-refractivity contribution in [2.75, 3.05) is 0 Å². The molecular formula is C19H16N6O3S2. The summed E-state index contributed by atoms with van der Waals surface area (Å²) in [6.45, 7) is 2.18. The summed E-state index contributed by atoms with van der Waals surface area (Å²) in [5.41, 5.74) is 0.342. The molecule has 0 atom stereocenters. The van der Waals surface area contributed by atoms with E-state index >= 15 is 0 Å². The molecule has 0 saturated carbocycles. The molecule has 0 aromatic carbocycles. The van der Waals surface area contributed by atoms with Crippen LogP contribution in [0.2, 0.25) is 0 Å². The van der Waals surface area contributed by atoms with Gasteiger partial charge in [0.05, 0.1) is 18.3 Å². The second-order valence-electron chi connectivity index (χ2n) is 7.00. The molecular weight excluding hydrogens is 424 g/mol. The quantitative estimate of drug-likeness (QED) is 0.460. The molecule has 0 radical (unpaired) electrons. The predicted octanol–water partition coefficient (Wildman–Crippen LogP) is 1.82. The SMILES string of the molecule is Cc1ccc(-c2csc3nc(Cn4cnc5c4c(=O)n(C)c(=O)n5C)[nH]c(=O)c23)s1. The Bertz CT molecular complexity index is 1630. The highest BCUT2D eigenvalue weighted by Crippen LogP contribution is 2.35. The maximum absolute atomic E-state index is 12.9. The van der Waals surface area contributed by atoms with Gasteiger partial charge in [0.2, 0.25) is 0 Å². The number of hydrogen-bond donors (Lipinski definition) is 1. The standard InChI is InChI=1S/C19H16N6O3S2/c1-9-4-5-11(30-9)10-7-29-17-13(10)16(26)21-12(22-17)6-25-8-20-15-14(25)18(27)24(3)19(28)23(15)2/h4-5,7-8H,6H2,1-3H3,(H,21,22,26). The van der Waals surface area contributed by atoms with Gasteiger partial charge in [0.1, 0.15) is 10.7 Å². The molecule has 5 heterocycles. The van der Waals surface area contributed by atoms with Crippen LogP contribution in [0, 0.1) is 6.92 Å². The number of nitrogens with zero attached hydrogens (tertiary/aromatic N) is 5. The first kappa shape index (κ1) is 18.7. The van der Waals surface area contributed by atoms with Crippen molar-refractivity contribution in [1.82, 2.24) is 28.7 Å². The van der Waals surface area contributed by atoms with Gasteiger partial charge in [-0.05, 0) is 19.1 Å². The Morgan fingerprint density at radius 1 is 1.13 bits per heavy atom. The van der Waals surface area contributed by atoms with Crippen molar-refractivity contribution in [3.8, 4) is 10.4 Å². The number of aryl methyl sites for hydroxylation is 2. The van der Waals surface area contributed by atoms with E-state index in [1.807, 2.05) is 24.4 Å². The molecule has 5 aromatic rings. The summed E-state index contributed by atoms with van der Waals surface area (Å²) in [5, 5.41) is 2.51. The second kappa shape index (κ2) is 6.61. The van der Waals surface area contributed by atoms with Gasteiger partial charge >= 0.3 is 5.69 Å². The van der Waals surface area contributed by atoms with Crippen LogP contribution >= 0.6 is 22.7 Å². The molecule has 0 saturated heterocycles. The van der Waals surface area contributed by atoms with Crippen LogP contribution < -0.4 is 16.8 Å². The van der Waals surface area contributed by atoms with Crippen LogP contribution in [0.5, 0.6) is 0 Å². The number of thiophene rings is 2. The average molecular weight is 441 g/mol. The third-order valence-corrected chi connectivity index (χ3v) is 6.94. The molecule has 11 heteroatoms. The number of rotatable bonds is 3. The first-order valence-corrected chi connectivity index (χ1v) is 10.7. The van der Waals surface area contributed by atoms with Crippen LogP contribution in [-0.2, 0) is 20.6 Å². The number of nitrogens with one attached hydrogen (secondary N) is 1. The molecule has 0 aliphatic carbocycles. The van der Waals surface area contributed by atoms with Crippen molar-refractivity contribution in [3.05, 3.63) is 65.7 Å². The number of H-pyrrole nitrogens is 1. The highest BCUT2D eigenvalue weighted by atomic mass is 32.1. The minimum atomic E-state index is -0.444. The smallest absolute Gasteiger partial charge is 0.317 e. The van der Waals surface area contributed by atoms with Crippen molar-refractivity contribution < 1.29 is 0 Å². The molecule has 0 spiro atoms. The number of imidazole rings is 1. The lowest BCUT2D eigenvalue weighted by atomic mass is 10.2. The van der Waals surface area contributed by atoms with Gasteiger partial charge in [-0.2, -0.15) is 0 Å². The summed E-state index contributed by atoms with van der Waals surface area (Å²) >= 11 is 3.04. The zero-order valence-corrected chi connectivity index (χ0v) is 17.9. The van der Waals surface area contributed by atoms with Gasteiger partial charge in [-0.25, -0.2) is 14.8 Å². The molecule has 0 unspecified atom stereocenters. The fraction of sp³-hybridized carbons (Fsp3) is 0.211. The summed E-state index contributed by atoms with van der Waals surface area (Å²) < 4.78 is 3.95. The largest absolute Gasteiger partial charge is 0.332 e. The molecule has 5 rings (SSSR count). The van der Waals surface area contributed by atoms with Gasteiger partial charge in [-0.15, -0.1) is 22.7 Å². The third kappa shape index (κ3) is 2.70. The van der Waals surface area contributed by atoms with E-state index in [2.05, 4.69) is 15.0 Å². The molecule has 0 amide bonds. The molecule has 0 aliphatic heterocycles. The number of fused-ring (bicyclic) bond motifs is 2. The van der Waals surface area contributed by atoms with Crippen molar-refractivity contribution in [1.29, 1.82) is 0 Å². The lowest BCUT2D eigenvalue weighted by Crippen LogP contribution is -2.37. The van der Waals surface area contributed by atoms with Crippen LogP contribution in [0.3, 0.4) is 0 Å². The molecule has 1 N–H and O–H groups in total. The Balaban J connectivity index is 1.63. The Morgan fingerprint density at radius 2 is 1.93 bits per heavy atom. The summed E-state index contributed by atoms with van der Waals surface area (Å²) in [6, 6.07) is 4.03. The van der Waals surface area contributed by atoms with Crippen molar-refractivity contribution in [3.63, 3.8) is 0 Å². The molecule has 0 bridgehead atoms. The van der Waals surface area contributed by atoms with E-state index in [4.69, 9.17) is 0 Å². The van der Waals surface area contributed by atoms with Gasteiger partial charge in [-0.1, -0.05) is 0 Å². The topological polar surface area (TPSA) is 108 Å². The van der Waals surface area contributed by atoms with Crippen LogP contribution in [0.25, 0.3) is 31.8 Å². The predicted molar refractivity (Wildman–Crippen MR) is 118 cm³/mol. The monoisotopic (exact) mass is 440 g/mol. The maximum Gasteiger partial charge on any atom is 0.332 e. The van der Waals surface area contributed by atoms with E-state index in [-0.39, 0.29) is 23.3 Å². The lowest BCUT2D eigenvalue weighted by Gasteiger charge is -2.06. The van der Waals surface area contributed by atoms with Crippen molar-refractivity contribution in [2.24, 2.45) is 14.1 Å². The first-order chi connectivity index (χ1) is 14.3. The second-order valence-corrected chi connectivity index (χ2v) is 9.15. The highest BCUT2D eigenvalue weighted by Gasteiger charge is 2.17. The van der Waals surface area contributed by atoms with Crippen LogP contribution in [0.1, 0.15) is 10.7 Å². The molecule has 9 nitrogen and oxygen atoms in total. The van der Waals surface area contributed by atoms with Crippen LogP contribution in [-0.4, -0.2) is 28.7 Å². The van der Waals surface area contributed by atoms with Gasteiger partial charge in [0.15, 0.2) is 11.2 Å². The van der Waals surface area contributed by atoms with E-state index in [1.54, 1.807) is 23.0 Å². The highest BCUT2D eigenvalue weighted by molar-refractivity contribution is 7.19. The maximum atomic E-state index is 12.9. The van der Waals surface area contributed by atoms with Gasteiger partial charge < -0.3 is 9.55 Å². The average Bonchev–Trinajstić information content (AvgIpc) is 3.43. The Hall–Kier alpha value is -3.31. The zero-order chi connectivity index (χ0) is 21.2. The fourth-order valence-electron chi connectivity index (χ4n) is 3.51. The van der Waals surface area contributed by atoms with E-state index in [0.29, 0.717) is 16.0 Å². The summed E-state index contributed by atoms with van der Waals surface area (Å²) in [5.74, 6) is 0.415. The molecule has 0 fully saturated rings. The molecule has 5 aromatic heterocycles. The van der Waals surface area contributed by atoms with Crippen LogP contribution in [0.4, 0.5) is 0 Å². The van der Waals surface area contributed by atoms with E-state index < -0.39 is 11.2 Å². The minimum absolute atomic E-state index is 0.153. The Labute approximate surface area is 176 Å². The number of hydrogen-bond acceptors (Lipinski definition) is 7. The van der Waals surface area contributed by atoms with Gasteiger partial charge in [-0.3, -0.25) is 18.7 Å². The normalized spacial score (nSPS) is 11.7.